The van der Waals surface area contributed by atoms with Crippen LogP contribution in [-0.4, -0.2) is 25.0 Å². The molecule has 2 fully saturated rings. The van der Waals surface area contributed by atoms with Gasteiger partial charge in [-0.15, -0.1) is 0 Å². The molecule has 1 amide bonds. The van der Waals surface area contributed by atoms with Crippen molar-refractivity contribution in [1.29, 1.82) is 0 Å². The minimum atomic E-state index is -0.126. The fourth-order valence-electron chi connectivity index (χ4n) is 2.82. The van der Waals surface area contributed by atoms with Crippen LogP contribution in [0.2, 0.25) is 0 Å². The highest BCUT2D eigenvalue weighted by Gasteiger charge is 2.43. The van der Waals surface area contributed by atoms with Gasteiger partial charge in [-0.3, -0.25) is 4.79 Å². The molecular weight excluding hydrogens is 200 g/mol. The number of amides is 1. The van der Waals surface area contributed by atoms with Crippen molar-refractivity contribution in [1.82, 2.24) is 10.6 Å². The van der Waals surface area contributed by atoms with Crippen LogP contribution in [0.15, 0.2) is 0 Å². The SMILES string of the molecule is CCC1CC1NC(=O)C1(CC)CCCNC1. The van der Waals surface area contributed by atoms with E-state index in [9.17, 15) is 4.79 Å². The Balaban J connectivity index is 1.90. The molecule has 2 aliphatic rings. The minimum absolute atomic E-state index is 0.126. The summed E-state index contributed by atoms with van der Waals surface area (Å²) in [6.07, 6.45) is 5.52. The Bertz CT molecular complexity index is 259. The molecule has 3 heteroatoms. The van der Waals surface area contributed by atoms with Gasteiger partial charge in [-0.25, -0.2) is 0 Å². The summed E-state index contributed by atoms with van der Waals surface area (Å²) >= 11 is 0. The molecule has 16 heavy (non-hydrogen) atoms. The molecule has 3 unspecified atom stereocenters. The molecule has 1 aliphatic heterocycles. The molecule has 1 saturated heterocycles. The number of nitrogens with one attached hydrogen (secondary N) is 2. The predicted molar refractivity (Wildman–Crippen MR) is 65.2 cm³/mol. The average molecular weight is 224 g/mol. The van der Waals surface area contributed by atoms with Crippen molar-refractivity contribution in [2.75, 3.05) is 13.1 Å². The highest BCUT2D eigenvalue weighted by Crippen LogP contribution is 2.36. The average Bonchev–Trinajstić information content (AvgIpc) is 3.08. The lowest BCUT2D eigenvalue weighted by Gasteiger charge is -2.35. The van der Waals surface area contributed by atoms with E-state index in [-0.39, 0.29) is 5.41 Å². The maximum atomic E-state index is 12.3. The van der Waals surface area contributed by atoms with E-state index < -0.39 is 0 Å². The van der Waals surface area contributed by atoms with Crippen molar-refractivity contribution >= 4 is 5.91 Å². The molecule has 1 heterocycles. The number of hydrogen-bond acceptors (Lipinski definition) is 2. The summed E-state index contributed by atoms with van der Waals surface area (Å²) in [7, 11) is 0. The van der Waals surface area contributed by atoms with Gasteiger partial charge >= 0.3 is 0 Å². The van der Waals surface area contributed by atoms with E-state index in [0.29, 0.717) is 11.9 Å². The van der Waals surface area contributed by atoms with Crippen LogP contribution in [-0.2, 0) is 4.79 Å². The Labute approximate surface area is 98.4 Å². The molecule has 0 aromatic rings. The number of rotatable bonds is 4. The van der Waals surface area contributed by atoms with Gasteiger partial charge in [0.2, 0.25) is 5.91 Å². The monoisotopic (exact) mass is 224 g/mol. The van der Waals surface area contributed by atoms with Crippen molar-refractivity contribution in [2.45, 2.75) is 52.0 Å². The molecule has 2 rings (SSSR count). The predicted octanol–water partition coefficient (Wildman–Crippen LogP) is 1.68. The Kier molecular flexibility index (Phi) is 3.53. The molecule has 0 bridgehead atoms. The summed E-state index contributed by atoms with van der Waals surface area (Å²) in [5.74, 6) is 1.04. The highest BCUT2D eigenvalue weighted by atomic mass is 16.2. The summed E-state index contributed by atoms with van der Waals surface area (Å²) in [6.45, 7) is 6.26. The van der Waals surface area contributed by atoms with Gasteiger partial charge in [0.1, 0.15) is 0 Å². The van der Waals surface area contributed by atoms with Crippen LogP contribution in [0, 0.1) is 11.3 Å². The summed E-state index contributed by atoms with van der Waals surface area (Å²) in [6, 6.07) is 0.475. The topological polar surface area (TPSA) is 41.1 Å². The third-order valence-electron chi connectivity index (χ3n) is 4.39. The van der Waals surface area contributed by atoms with E-state index in [4.69, 9.17) is 0 Å². The Morgan fingerprint density at radius 1 is 1.50 bits per heavy atom. The Morgan fingerprint density at radius 3 is 2.81 bits per heavy atom. The van der Waals surface area contributed by atoms with Gasteiger partial charge in [-0.2, -0.15) is 0 Å². The number of carbonyl (C=O) groups excluding carboxylic acids is 1. The van der Waals surface area contributed by atoms with Crippen molar-refractivity contribution < 1.29 is 4.79 Å². The van der Waals surface area contributed by atoms with Gasteiger partial charge in [-0.1, -0.05) is 20.3 Å². The lowest BCUT2D eigenvalue weighted by atomic mass is 9.77. The maximum Gasteiger partial charge on any atom is 0.227 e. The number of piperidine rings is 1. The normalized spacial score (nSPS) is 38.1. The Hall–Kier alpha value is -0.570. The number of carbonyl (C=O) groups is 1. The molecule has 0 aromatic heterocycles. The lowest BCUT2D eigenvalue weighted by molar-refractivity contribution is -0.132. The fraction of sp³-hybridized carbons (Fsp3) is 0.923. The Morgan fingerprint density at radius 2 is 2.31 bits per heavy atom. The molecule has 3 nitrogen and oxygen atoms in total. The zero-order chi connectivity index (χ0) is 11.6. The second-order valence-corrected chi connectivity index (χ2v) is 5.40. The second kappa shape index (κ2) is 4.74. The van der Waals surface area contributed by atoms with Gasteiger partial charge in [-0.05, 0) is 38.1 Å². The van der Waals surface area contributed by atoms with Crippen LogP contribution in [0.3, 0.4) is 0 Å². The summed E-state index contributed by atoms with van der Waals surface area (Å²) in [5, 5.41) is 6.60. The third kappa shape index (κ3) is 2.24. The summed E-state index contributed by atoms with van der Waals surface area (Å²) in [4.78, 5) is 12.3. The minimum Gasteiger partial charge on any atom is -0.353 e. The van der Waals surface area contributed by atoms with Gasteiger partial charge in [0.25, 0.3) is 0 Å². The molecule has 92 valence electrons. The van der Waals surface area contributed by atoms with Crippen molar-refractivity contribution in [3.63, 3.8) is 0 Å². The highest BCUT2D eigenvalue weighted by molar-refractivity contribution is 5.83. The first kappa shape index (κ1) is 11.9. The van der Waals surface area contributed by atoms with Gasteiger partial charge in [0, 0.05) is 12.6 Å². The van der Waals surface area contributed by atoms with Crippen LogP contribution in [0.5, 0.6) is 0 Å². The first-order chi connectivity index (χ1) is 7.72. The van der Waals surface area contributed by atoms with E-state index >= 15 is 0 Å². The van der Waals surface area contributed by atoms with E-state index in [0.717, 1.165) is 38.3 Å². The smallest absolute Gasteiger partial charge is 0.227 e. The van der Waals surface area contributed by atoms with E-state index in [2.05, 4.69) is 24.5 Å². The van der Waals surface area contributed by atoms with Crippen molar-refractivity contribution in [2.24, 2.45) is 11.3 Å². The largest absolute Gasteiger partial charge is 0.353 e. The second-order valence-electron chi connectivity index (χ2n) is 5.40. The lowest BCUT2D eigenvalue weighted by Crippen LogP contribution is -2.50. The molecule has 0 radical (unpaired) electrons. The molecule has 3 atom stereocenters. The van der Waals surface area contributed by atoms with Gasteiger partial charge in [0.15, 0.2) is 0 Å². The zero-order valence-electron chi connectivity index (χ0n) is 10.5. The van der Waals surface area contributed by atoms with Crippen molar-refractivity contribution in [3.05, 3.63) is 0 Å². The summed E-state index contributed by atoms with van der Waals surface area (Å²) in [5.41, 5.74) is -0.126. The molecule has 1 saturated carbocycles. The first-order valence-electron chi connectivity index (χ1n) is 6.73. The first-order valence-corrected chi connectivity index (χ1v) is 6.73. The third-order valence-corrected chi connectivity index (χ3v) is 4.39. The molecular formula is C13H24N2O. The summed E-state index contributed by atoms with van der Waals surface area (Å²) < 4.78 is 0. The quantitative estimate of drug-likeness (QED) is 0.763. The number of hydrogen-bond donors (Lipinski definition) is 2. The van der Waals surface area contributed by atoms with Crippen LogP contribution < -0.4 is 10.6 Å². The van der Waals surface area contributed by atoms with E-state index in [1.165, 1.54) is 12.8 Å². The van der Waals surface area contributed by atoms with Crippen molar-refractivity contribution in [3.8, 4) is 0 Å². The molecule has 1 aliphatic carbocycles. The van der Waals surface area contributed by atoms with Gasteiger partial charge in [0.05, 0.1) is 5.41 Å². The van der Waals surface area contributed by atoms with Crippen LogP contribution >= 0.6 is 0 Å². The molecule has 0 aromatic carbocycles. The molecule has 0 spiro atoms. The fourth-order valence-corrected chi connectivity index (χ4v) is 2.82. The van der Waals surface area contributed by atoms with Crippen LogP contribution in [0.25, 0.3) is 0 Å². The zero-order valence-corrected chi connectivity index (χ0v) is 10.5. The van der Waals surface area contributed by atoms with Gasteiger partial charge < -0.3 is 10.6 Å². The standard InChI is InChI=1S/C13H24N2O/c1-3-10-8-11(10)15-12(16)13(4-2)6-5-7-14-9-13/h10-11,14H,3-9H2,1-2H3,(H,15,16). The van der Waals surface area contributed by atoms with Crippen LogP contribution in [0.1, 0.15) is 46.0 Å². The van der Waals surface area contributed by atoms with Crippen LogP contribution in [0.4, 0.5) is 0 Å². The van der Waals surface area contributed by atoms with E-state index in [1.54, 1.807) is 0 Å². The van der Waals surface area contributed by atoms with E-state index in [1.807, 2.05) is 0 Å². The molecule has 2 N–H and O–H groups in total. The maximum absolute atomic E-state index is 12.3.